The molecule has 0 spiro atoms. The standard InChI is InChI=1S/C61H115NO5/c1-3-5-7-9-11-13-15-17-19-21-23-25-27-28-29-30-31-32-33-35-36-38-40-42-44-46-48-50-52-54-58(64)60(66)57(56-63)62-61(67)59(65)55-53-51-49-47-45-43-41-39-37-34-26-24-22-20-18-16-14-12-10-8-6-4-2/h24,26,37-40,46,48,57-60,63-66H,3-23,25,27-36,41-45,47,49-56H2,1-2H3,(H,62,67)/b26-24-,39-37-,40-38+,48-46+. The SMILES string of the molecule is CCCCCCCCCCC/C=C\C/C=C\CCCCCCCCC(O)C(=O)NC(CO)C(O)C(O)CCC/C=C/CC/C=C/CCCCCCCCCCCCCCCCCCCCCC. The van der Waals surface area contributed by atoms with Gasteiger partial charge in [-0.1, -0.05) is 268 Å². The number of aliphatic hydroxyl groups is 4. The molecule has 4 atom stereocenters. The molecule has 0 saturated carbocycles. The highest BCUT2D eigenvalue weighted by atomic mass is 16.3. The van der Waals surface area contributed by atoms with E-state index in [2.05, 4.69) is 67.8 Å². The lowest BCUT2D eigenvalue weighted by molar-refractivity contribution is -0.132. The van der Waals surface area contributed by atoms with Crippen molar-refractivity contribution in [2.24, 2.45) is 0 Å². The first-order chi connectivity index (χ1) is 33.0. The molecule has 0 fully saturated rings. The van der Waals surface area contributed by atoms with E-state index in [-0.39, 0.29) is 0 Å². The summed E-state index contributed by atoms with van der Waals surface area (Å²) in [6.07, 6.45) is 70.5. The maximum absolute atomic E-state index is 12.6. The highest BCUT2D eigenvalue weighted by molar-refractivity contribution is 5.80. The molecule has 4 unspecified atom stereocenters. The number of allylic oxidation sites excluding steroid dienone is 8. The number of carbonyl (C=O) groups is 1. The molecule has 5 N–H and O–H groups in total. The average molecular weight is 943 g/mol. The number of amides is 1. The van der Waals surface area contributed by atoms with Crippen LogP contribution in [0.15, 0.2) is 48.6 Å². The Kier molecular flexibility index (Phi) is 53.8. The second kappa shape index (κ2) is 55.2. The number of hydrogen-bond donors (Lipinski definition) is 5. The van der Waals surface area contributed by atoms with Crippen molar-refractivity contribution in [3.05, 3.63) is 48.6 Å². The Morgan fingerprint density at radius 3 is 1.03 bits per heavy atom. The second-order valence-corrected chi connectivity index (χ2v) is 20.3. The number of aliphatic hydroxyl groups excluding tert-OH is 4. The normalized spacial score (nSPS) is 14.1. The van der Waals surface area contributed by atoms with Gasteiger partial charge in [0, 0.05) is 0 Å². The van der Waals surface area contributed by atoms with Gasteiger partial charge in [-0.15, -0.1) is 0 Å². The summed E-state index contributed by atoms with van der Waals surface area (Å²) in [7, 11) is 0. The summed E-state index contributed by atoms with van der Waals surface area (Å²) in [4.78, 5) is 12.6. The van der Waals surface area contributed by atoms with E-state index in [1.54, 1.807) is 0 Å². The fraction of sp³-hybridized carbons (Fsp3) is 0.852. The van der Waals surface area contributed by atoms with Gasteiger partial charge in [-0.3, -0.25) is 4.79 Å². The van der Waals surface area contributed by atoms with Gasteiger partial charge < -0.3 is 25.7 Å². The molecule has 0 radical (unpaired) electrons. The van der Waals surface area contributed by atoms with E-state index < -0.39 is 36.9 Å². The van der Waals surface area contributed by atoms with Crippen LogP contribution in [-0.2, 0) is 4.79 Å². The van der Waals surface area contributed by atoms with Crippen molar-refractivity contribution in [3.63, 3.8) is 0 Å². The molecule has 0 aliphatic carbocycles. The van der Waals surface area contributed by atoms with Crippen LogP contribution in [0.5, 0.6) is 0 Å². The molecular formula is C61H115NO5. The van der Waals surface area contributed by atoms with Crippen LogP contribution in [0, 0.1) is 0 Å². The summed E-state index contributed by atoms with van der Waals surface area (Å²) in [6, 6.07) is -1.02. The monoisotopic (exact) mass is 942 g/mol. The maximum atomic E-state index is 12.6. The topological polar surface area (TPSA) is 110 Å². The molecule has 0 bridgehead atoms. The minimum atomic E-state index is -1.30. The van der Waals surface area contributed by atoms with E-state index in [9.17, 15) is 25.2 Å². The number of nitrogens with one attached hydrogen (secondary N) is 1. The zero-order valence-corrected chi connectivity index (χ0v) is 44.7. The molecule has 0 rings (SSSR count). The Balaban J connectivity index is 3.69. The minimum Gasteiger partial charge on any atom is -0.394 e. The zero-order chi connectivity index (χ0) is 48.8. The predicted molar refractivity (Wildman–Crippen MR) is 293 cm³/mol. The Labute approximate surface area is 417 Å². The van der Waals surface area contributed by atoms with E-state index in [0.29, 0.717) is 19.3 Å². The lowest BCUT2D eigenvalue weighted by atomic mass is 10.00. The fourth-order valence-electron chi connectivity index (χ4n) is 9.10. The zero-order valence-electron chi connectivity index (χ0n) is 44.7. The highest BCUT2D eigenvalue weighted by Crippen LogP contribution is 2.17. The Bertz CT molecular complexity index is 1100. The minimum absolute atomic E-state index is 0.347. The molecule has 0 aromatic rings. The molecule has 6 nitrogen and oxygen atoms in total. The lowest BCUT2D eigenvalue weighted by Gasteiger charge is -2.27. The molecular weight excluding hydrogens is 827 g/mol. The summed E-state index contributed by atoms with van der Waals surface area (Å²) in [6.45, 7) is 4.06. The van der Waals surface area contributed by atoms with Crippen LogP contribution in [0.2, 0.25) is 0 Å². The van der Waals surface area contributed by atoms with Gasteiger partial charge in [0.1, 0.15) is 12.2 Å². The Hall–Kier alpha value is -1.73. The molecule has 0 aromatic heterocycles. The van der Waals surface area contributed by atoms with Gasteiger partial charge in [-0.2, -0.15) is 0 Å². The third-order valence-electron chi connectivity index (χ3n) is 13.7. The first kappa shape index (κ1) is 65.3. The summed E-state index contributed by atoms with van der Waals surface area (Å²) >= 11 is 0. The molecule has 0 heterocycles. The molecule has 0 saturated heterocycles. The van der Waals surface area contributed by atoms with E-state index >= 15 is 0 Å². The van der Waals surface area contributed by atoms with E-state index in [4.69, 9.17) is 0 Å². The number of unbranched alkanes of at least 4 members (excludes halogenated alkanes) is 37. The van der Waals surface area contributed by atoms with Crippen LogP contribution in [0.4, 0.5) is 0 Å². The van der Waals surface area contributed by atoms with E-state index in [0.717, 1.165) is 57.8 Å². The van der Waals surface area contributed by atoms with Gasteiger partial charge in [-0.25, -0.2) is 0 Å². The van der Waals surface area contributed by atoms with Crippen molar-refractivity contribution in [1.29, 1.82) is 0 Å². The van der Waals surface area contributed by atoms with Crippen LogP contribution in [-0.4, -0.2) is 57.3 Å². The lowest BCUT2D eigenvalue weighted by Crippen LogP contribution is -2.53. The summed E-state index contributed by atoms with van der Waals surface area (Å²) in [5, 5.41) is 44.0. The van der Waals surface area contributed by atoms with Crippen molar-refractivity contribution in [2.45, 2.75) is 327 Å². The largest absolute Gasteiger partial charge is 0.394 e. The summed E-state index contributed by atoms with van der Waals surface area (Å²) in [5.41, 5.74) is 0. The van der Waals surface area contributed by atoms with Crippen LogP contribution in [0.3, 0.4) is 0 Å². The fourth-order valence-corrected chi connectivity index (χ4v) is 9.10. The predicted octanol–water partition coefficient (Wildman–Crippen LogP) is 17.4. The molecule has 0 aromatic carbocycles. The van der Waals surface area contributed by atoms with Gasteiger partial charge in [0.25, 0.3) is 0 Å². The van der Waals surface area contributed by atoms with Crippen LogP contribution >= 0.6 is 0 Å². The molecule has 6 heteroatoms. The smallest absolute Gasteiger partial charge is 0.249 e. The molecule has 0 aliphatic rings. The van der Waals surface area contributed by atoms with Gasteiger partial charge in [0.15, 0.2) is 0 Å². The second-order valence-electron chi connectivity index (χ2n) is 20.3. The first-order valence-electron chi connectivity index (χ1n) is 29.5. The third kappa shape index (κ3) is 49.1. The van der Waals surface area contributed by atoms with E-state index in [1.165, 1.54) is 212 Å². The number of carbonyl (C=O) groups excluding carboxylic acids is 1. The molecule has 394 valence electrons. The quantitative estimate of drug-likeness (QED) is 0.0308. The van der Waals surface area contributed by atoms with Gasteiger partial charge in [0.05, 0.1) is 18.8 Å². The van der Waals surface area contributed by atoms with Crippen molar-refractivity contribution in [2.75, 3.05) is 6.61 Å². The average Bonchev–Trinajstić information content (AvgIpc) is 3.33. The van der Waals surface area contributed by atoms with Crippen molar-refractivity contribution < 1.29 is 25.2 Å². The third-order valence-corrected chi connectivity index (χ3v) is 13.7. The first-order valence-corrected chi connectivity index (χ1v) is 29.5. The molecule has 0 aliphatic heterocycles. The van der Waals surface area contributed by atoms with Crippen LogP contribution in [0.25, 0.3) is 0 Å². The van der Waals surface area contributed by atoms with Gasteiger partial charge in [0.2, 0.25) is 5.91 Å². The maximum Gasteiger partial charge on any atom is 0.249 e. The van der Waals surface area contributed by atoms with E-state index in [1.807, 2.05) is 0 Å². The number of hydrogen-bond acceptors (Lipinski definition) is 5. The van der Waals surface area contributed by atoms with Crippen LogP contribution in [0.1, 0.15) is 303 Å². The molecule has 67 heavy (non-hydrogen) atoms. The van der Waals surface area contributed by atoms with Crippen molar-refractivity contribution in [1.82, 2.24) is 5.32 Å². The van der Waals surface area contributed by atoms with Gasteiger partial charge in [-0.05, 0) is 83.5 Å². The highest BCUT2D eigenvalue weighted by Gasteiger charge is 2.28. The van der Waals surface area contributed by atoms with Crippen LogP contribution < -0.4 is 5.32 Å². The van der Waals surface area contributed by atoms with Gasteiger partial charge >= 0.3 is 0 Å². The van der Waals surface area contributed by atoms with Crippen molar-refractivity contribution >= 4 is 5.91 Å². The molecule has 1 amide bonds. The van der Waals surface area contributed by atoms with Crippen molar-refractivity contribution in [3.8, 4) is 0 Å². The Morgan fingerprint density at radius 1 is 0.373 bits per heavy atom. The summed E-state index contributed by atoms with van der Waals surface area (Å²) < 4.78 is 0. The Morgan fingerprint density at radius 2 is 0.672 bits per heavy atom. The summed E-state index contributed by atoms with van der Waals surface area (Å²) in [5.74, 6) is -0.604. The number of rotatable bonds is 54.